The number of fused-ring (bicyclic) bond motifs is 2. The molecule has 0 bridgehead atoms. The van der Waals surface area contributed by atoms with Crippen LogP contribution in [0, 0.1) is 0 Å². The van der Waals surface area contributed by atoms with Gasteiger partial charge in [-0.2, -0.15) is 5.10 Å². The van der Waals surface area contributed by atoms with Gasteiger partial charge in [-0.1, -0.05) is 0 Å². The zero-order valence-corrected chi connectivity index (χ0v) is 8.38. The number of aliphatic imine (C=N–C) groups is 1. The molecule has 0 saturated carbocycles. The van der Waals surface area contributed by atoms with Gasteiger partial charge in [-0.05, 0) is 0 Å². The summed E-state index contributed by atoms with van der Waals surface area (Å²) in [5.74, 6) is 0.799. The molecule has 15 heavy (non-hydrogen) atoms. The van der Waals surface area contributed by atoms with Crippen LogP contribution < -0.4 is 5.43 Å². The number of hydrogen-bond acceptors (Lipinski definition) is 5. The second-order valence-electron chi connectivity index (χ2n) is 3.58. The van der Waals surface area contributed by atoms with Gasteiger partial charge in [-0.15, -0.1) is 0 Å². The summed E-state index contributed by atoms with van der Waals surface area (Å²) in [6.07, 6.45) is 3.17. The Hall–Kier alpha value is -2.05. The van der Waals surface area contributed by atoms with E-state index in [1.165, 1.54) is 11.2 Å². The Bertz CT molecular complexity index is 425. The van der Waals surface area contributed by atoms with Crippen LogP contribution in [0.15, 0.2) is 21.5 Å². The van der Waals surface area contributed by atoms with Crippen molar-refractivity contribution in [2.75, 3.05) is 14.1 Å². The van der Waals surface area contributed by atoms with Gasteiger partial charge in [0.15, 0.2) is 6.17 Å². The SMILES string of the molecule is CN1NC(=O)N2C=NC3C(=C12)C=NN3C. The molecule has 3 aliphatic rings. The number of nitrogens with zero attached hydrogens (tertiary/aromatic N) is 5. The number of carbonyl (C=O) groups excluding carboxylic acids is 1. The second kappa shape index (κ2) is 2.50. The monoisotopic (exact) mass is 206 g/mol. The van der Waals surface area contributed by atoms with Gasteiger partial charge in [0.05, 0.1) is 11.8 Å². The molecule has 0 aromatic rings. The number of carbonyl (C=O) groups is 1. The smallest absolute Gasteiger partial charge is 0.271 e. The van der Waals surface area contributed by atoms with Crippen molar-refractivity contribution in [3.8, 4) is 0 Å². The molecule has 0 aromatic heterocycles. The molecule has 0 radical (unpaired) electrons. The van der Waals surface area contributed by atoms with Crippen LogP contribution >= 0.6 is 0 Å². The number of hydrazine groups is 1. The summed E-state index contributed by atoms with van der Waals surface area (Å²) in [5.41, 5.74) is 3.61. The van der Waals surface area contributed by atoms with Gasteiger partial charge in [0.2, 0.25) is 0 Å². The normalized spacial score (nSPS) is 27.5. The number of rotatable bonds is 0. The number of hydrazone groups is 1. The van der Waals surface area contributed by atoms with Crippen LogP contribution in [0.2, 0.25) is 0 Å². The molecule has 7 nitrogen and oxygen atoms in total. The Balaban J connectivity index is 2.12. The minimum atomic E-state index is -0.190. The third-order valence-corrected chi connectivity index (χ3v) is 2.62. The number of likely N-dealkylation sites (N-methyl/N-ethyl adjacent to an activating group) is 1. The van der Waals surface area contributed by atoms with Crippen LogP contribution in [0.5, 0.6) is 0 Å². The van der Waals surface area contributed by atoms with Crippen molar-refractivity contribution >= 4 is 18.6 Å². The lowest BCUT2D eigenvalue weighted by Gasteiger charge is -2.25. The summed E-state index contributed by atoms with van der Waals surface area (Å²) in [6.45, 7) is 0. The van der Waals surface area contributed by atoms with Crippen molar-refractivity contribution in [3.05, 3.63) is 11.4 Å². The van der Waals surface area contributed by atoms with E-state index in [0.29, 0.717) is 0 Å². The molecule has 1 N–H and O–H groups in total. The maximum atomic E-state index is 11.5. The van der Waals surface area contributed by atoms with E-state index in [2.05, 4.69) is 15.5 Å². The van der Waals surface area contributed by atoms with Crippen molar-refractivity contribution in [1.82, 2.24) is 20.3 Å². The number of urea groups is 1. The van der Waals surface area contributed by atoms with Gasteiger partial charge in [0.25, 0.3) is 0 Å². The molecule has 0 aliphatic carbocycles. The largest absolute Gasteiger partial charge is 0.347 e. The fourth-order valence-corrected chi connectivity index (χ4v) is 1.91. The first-order valence-corrected chi connectivity index (χ1v) is 4.56. The van der Waals surface area contributed by atoms with Gasteiger partial charge in [0, 0.05) is 14.1 Å². The molecule has 3 aliphatic heterocycles. The lowest BCUT2D eigenvalue weighted by Crippen LogP contribution is -2.34. The van der Waals surface area contributed by atoms with Crippen molar-refractivity contribution < 1.29 is 4.79 Å². The molecule has 1 fully saturated rings. The highest BCUT2D eigenvalue weighted by Crippen LogP contribution is 2.28. The summed E-state index contributed by atoms with van der Waals surface area (Å²) >= 11 is 0. The van der Waals surface area contributed by atoms with Crippen LogP contribution in [0.25, 0.3) is 0 Å². The highest BCUT2D eigenvalue weighted by molar-refractivity contribution is 5.95. The standard InChI is InChI=1S/C8H10N6O/c1-12-6-5(3-10-12)7-13(2)11-8(15)14(7)4-9-6/h3-4,6H,1-2H3,(H,11,15). The highest BCUT2D eigenvalue weighted by atomic mass is 16.2. The fraction of sp³-hybridized carbons (Fsp3) is 0.375. The van der Waals surface area contributed by atoms with Crippen molar-refractivity contribution in [2.24, 2.45) is 10.1 Å². The molecule has 0 spiro atoms. The first-order chi connectivity index (χ1) is 7.18. The summed E-state index contributed by atoms with van der Waals surface area (Å²) in [7, 11) is 3.65. The van der Waals surface area contributed by atoms with Crippen LogP contribution in [0.3, 0.4) is 0 Å². The van der Waals surface area contributed by atoms with Gasteiger partial charge in [-0.3, -0.25) is 10.0 Å². The Labute approximate surface area is 86.3 Å². The number of hydrogen-bond donors (Lipinski definition) is 1. The average Bonchev–Trinajstić information content (AvgIpc) is 2.70. The molecule has 1 saturated heterocycles. The van der Waals surface area contributed by atoms with E-state index in [1.807, 2.05) is 7.05 Å². The first-order valence-electron chi connectivity index (χ1n) is 4.56. The zero-order valence-electron chi connectivity index (χ0n) is 8.38. The predicted molar refractivity (Wildman–Crippen MR) is 53.7 cm³/mol. The Morgan fingerprint density at radius 2 is 2.27 bits per heavy atom. The average molecular weight is 206 g/mol. The predicted octanol–water partition coefficient (Wildman–Crippen LogP) is -0.631. The Kier molecular flexibility index (Phi) is 1.38. The van der Waals surface area contributed by atoms with E-state index in [4.69, 9.17) is 0 Å². The minimum absolute atomic E-state index is 0.105. The topological polar surface area (TPSA) is 63.5 Å². The summed E-state index contributed by atoms with van der Waals surface area (Å²) in [6, 6.07) is -0.190. The number of amides is 2. The molecule has 1 atom stereocenters. The highest BCUT2D eigenvalue weighted by Gasteiger charge is 2.39. The molecular formula is C8H10N6O. The second-order valence-corrected chi connectivity index (χ2v) is 3.58. The molecule has 1 unspecified atom stereocenters. The zero-order chi connectivity index (χ0) is 10.6. The van der Waals surface area contributed by atoms with Crippen molar-refractivity contribution in [2.45, 2.75) is 6.17 Å². The summed E-state index contributed by atoms with van der Waals surface area (Å²) in [5, 5.41) is 7.58. The molecule has 0 aromatic carbocycles. The van der Waals surface area contributed by atoms with Crippen LogP contribution in [0.1, 0.15) is 0 Å². The molecule has 2 amide bonds. The third-order valence-electron chi connectivity index (χ3n) is 2.62. The van der Waals surface area contributed by atoms with Crippen LogP contribution in [0.4, 0.5) is 4.79 Å². The molecular weight excluding hydrogens is 196 g/mol. The molecule has 3 heterocycles. The maximum Gasteiger partial charge on any atom is 0.347 e. The van der Waals surface area contributed by atoms with E-state index in [0.717, 1.165) is 11.4 Å². The quantitative estimate of drug-likeness (QED) is 0.574. The van der Waals surface area contributed by atoms with Crippen LogP contribution in [-0.2, 0) is 0 Å². The third kappa shape index (κ3) is 0.915. The minimum Gasteiger partial charge on any atom is -0.271 e. The van der Waals surface area contributed by atoms with E-state index in [1.54, 1.807) is 23.3 Å². The summed E-state index contributed by atoms with van der Waals surface area (Å²) < 4.78 is 0. The summed E-state index contributed by atoms with van der Waals surface area (Å²) in [4.78, 5) is 17.2. The van der Waals surface area contributed by atoms with Gasteiger partial charge < -0.3 is 0 Å². The molecule has 3 rings (SSSR count). The van der Waals surface area contributed by atoms with E-state index in [9.17, 15) is 4.79 Å². The Morgan fingerprint density at radius 1 is 1.47 bits per heavy atom. The molecule has 7 heteroatoms. The van der Waals surface area contributed by atoms with Crippen LogP contribution in [-0.4, -0.2) is 53.8 Å². The van der Waals surface area contributed by atoms with Crippen molar-refractivity contribution in [3.63, 3.8) is 0 Å². The van der Waals surface area contributed by atoms with E-state index >= 15 is 0 Å². The lowest BCUT2D eigenvalue weighted by atomic mass is 10.2. The first kappa shape index (κ1) is 8.27. The van der Waals surface area contributed by atoms with E-state index in [-0.39, 0.29) is 12.2 Å². The molecule has 78 valence electrons. The number of nitrogens with one attached hydrogen (secondary N) is 1. The van der Waals surface area contributed by atoms with E-state index < -0.39 is 0 Å². The van der Waals surface area contributed by atoms with Gasteiger partial charge in [-0.25, -0.2) is 20.1 Å². The Morgan fingerprint density at radius 3 is 3.07 bits per heavy atom. The fourth-order valence-electron chi connectivity index (χ4n) is 1.91. The maximum absolute atomic E-state index is 11.5. The lowest BCUT2D eigenvalue weighted by molar-refractivity contribution is 0.231. The van der Waals surface area contributed by atoms with Crippen molar-refractivity contribution in [1.29, 1.82) is 0 Å². The van der Waals surface area contributed by atoms with Gasteiger partial charge in [0.1, 0.15) is 12.2 Å². The van der Waals surface area contributed by atoms with Gasteiger partial charge >= 0.3 is 6.03 Å².